The fourth-order valence-electron chi connectivity index (χ4n) is 8.07. The topological polar surface area (TPSA) is 38.9 Å². The van der Waals surface area contributed by atoms with Gasteiger partial charge in [0.05, 0.1) is 0 Å². The molecular formula is C46H34N2OSi2. The number of hydrogen-bond acceptors (Lipinski definition) is 3. The van der Waals surface area contributed by atoms with Crippen molar-refractivity contribution in [2.45, 2.75) is 0 Å². The van der Waals surface area contributed by atoms with Crippen molar-refractivity contribution < 1.29 is 4.42 Å². The van der Waals surface area contributed by atoms with Crippen molar-refractivity contribution in [3.05, 3.63) is 206 Å². The predicted octanol–water partition coefficient (Wildman–Crippen LogP) is 5.13. The van der Waals surface area contributed by atoms with Crippen LogP contribution in [0, 0.1) is 0 Å². The number of nitrogens with zero attached hydrogens (tertiary/aromatic N) is 2. The first-order valence-electron chi connectivity index (χ1n) is 17.3. The van der Waals surface area contributed by atoms with E-state index < -0.39 is 16.1 Å². The molecule has 0 saturated heterocycles. The maximum absolute atomic E-state index is 6.96. The minimum Gasteiger partial charge on any atom is -0.453 e. The molecule has 6 aromatic carbocycles. The molecule has 0 radical (unpaired) electrons. The molecule has 9 aromatic rings. The minimum atomic E-state index is -2.89. The highest BCUT2D eigenvalue weighted by Crippen LogP contribution is 2.26. The van der Waals surface area contributed by atoms with Gasteiger partial charge in [0.2, 0.25) is 8.07 Å². The number of benzene rings is 6. The van der Waals surface area contributed by atoms with Crippen LogP contribution in [0.25, 0.3) is 22.2 Å². The first-order valence-corrected chi connectivity index (χ1v) is 21.3. The third kappa shape index (κ3) is 4.93. The highest BCUT2D eigenvalue weighted by Gasteiger charge is 2.45. The Kier molecular flexibility index (Phi) is 7.84. The summed E-state index contributed by atoms with van der Waals surface area (Å²) < 4.78 is 6.96. The van der Waals surface area contributed by atoms with Crippen LogP contribution in [0.4, 0.5) is 0 Å². The zero-order valence-corrected chi connectivity index (χ0v) is 29.9. The highest BCUT2D eigenvalue weighted by molar-refractivity contribution is 7.21. The van der Waals surface area contributed by atoms with Gasteiger partial charge in [0.15, 0.2) is 19.2 Å². The van der Waals surface area contributed by atoms with Gasteiger partial charge in [0, 0.05) is 16.7 Å². The zero-order valence-electron chi connectivity index (χ0n) is 27.9. The summed E-state index contributed by atoms with van der Waals surface area (Å²) >= 11 is 0. The number of rotatable bonds is 8. The fourth-order valence-corrected chi connectivity index (χ4v) is 17.5. The van der Waals surface area contributed by atoms with Crippen LogP contribution in [0.15, 0.2) is 211 Å². The predicted molar refractivity (Wildman–Crippen MR) is 217 cm³/mol. The van der Waals surface area contributed by atoms with Crippen LogP contribution in [0.5, 0.6) is 0 Å². The molecule has 0 N–H and O–H groups in total. The number of furan rings is 1. The van der Waals surface area contributed by atoms with Gasteiger partial charge in [-0.15, -0.1) is 0 Å². The Morgan fingerprint density at radius 1 is 0.353 bits per heavy atom. The first-order chi connectivity index (χ1) is 25.3. The van der Waals surface area contributed by atoms with Gasteiger partial charge < -0.3 is 4.42 Å². The fraction of sp³-hybridized carbons (Fsp3) is 0. The normalized spacial score (nSPS) is 11.9. The second-order valence-electron chi connectivity index (χ2n) is 12.9. The van der Waals surface area contributed by atoms with E-state index in [1.807, 2.05) is 6.20 Å². The molecule has 3 nitrogen and oxygen atoms in total. The van der Waals surface area contributed by atoms with E-state index >= 15 is 0 Å². The molecule has 0 aliphatic rings. The van der Waals surface area contributed by atoms with Crippen molar-refractivity contribution in [2.24, 2.45) is 0 Å². The second kappa shape index (κ2) is 13.0. The molecule has 0 atom stereocenters. The molecule has 3 heterocycles. The average Bonchev–Trinajstić information content (AvgIpc) is 3.60. The van der Waals surface area contributed by atoms with E-state index in [1.165, 1.54) is 31.1 Å². The summed E-state index contributed by atoms with van der Waals surface area (Å²) in [5.41, 5.74) is 3.12. The van der Waals surface area contributed by atoms with Crippen molar-refractivity contribution >= 4 is 80.0 Å². The Morgan fingerprint density at radius 3 is 1.12 bits per heavy atom. The monoisotopic (exact) mass is 686 g/mol. The van der Waals surface area contributed by atoms with Gasteiger partial charge >= 0.3 is 0 Å². The number of fused-ring (bicyclic) bond motifs is 3. The van der Waals surface area contributed by atoms with E-state index in [9.17, 15) is 0 Å². The van der Waals surface area contributed by atoms with E-state index in [1.54, 1.807) is 0 Å². The maximum atomic E-state index is 6.96. The Bertz CT molecular complexity index is 2370. The van der Waals surface area contributed by atoms with Crippen molar-refractivity contribution in [3.63, 3.8) is 0 Å². The average molecular weight is 687 g/mol. The summed E-state index contributed by atoms with van der Waals surface area (Å²) in [6, 6.07) is 72.0. The summed E-state index contributed by atoms with van der Waals surface area (Å²) in [5, 5.41) is 9.89. The van der Waals surface area contributed by atoms with Gasteiger partial charge in [-0.2, -0.15) is 0 Å². The SMILES string of the molecule is c1ccc([Si](c2ccccc2)(c2ccccc2)c2ccc3oc4c([Si](c5ccccc5)(c5ccccc5)c5ccccc5)ccnc4c3n2)cc1. The second-order valence-corrected chi connectivity index (χ2v) is 20.4. The Morgan fingerprint density at radius 2 is 0.725 bits per heavy atom. The van der Waals surface area contributed by atoms with Crippen LogP contribution in [0.3, 0.4) is 0 Å². The smallest absolute Gasteiger partial charge is 0.201 e. The lowest BCUT2D eigenvalue weighted by molar-refractivity contribution is 0.670. The molecule has 0 bridgehead atoms. The lowest BCUT2D eigenvalue weighted by Crippen LogP contribution is -2.75. The molecule has 0 unspecified atom stereocenters. The van der Waals surface area contributed by atoms with E-state index in [2.05, 4.69) is 200 Å². The van der Waals surface area contributed by atoms with E-state index in [0.29, 0.717) is 0 Å². The van der Waals surface area contributed by atoms with Crippen LogP contribution in [0.2, 0.25) is 0 Å². The molecule has 242 valence electrons. The lowest BCUT2D eigenvalue weighted by Gasteiger charge is -2.34. The molecule has 5 heteroatoms. The summed E-state index contributed by atoms with van der Waals surface area (Å²) in [5.74, 6) is 0. The van der Waals surface area contributed by atoms with Gasteiger partial charge in [-0.05, 0) is 49.3 Å². The van der Waals surface area contributed by atoms with Crippen LogP contribution in [0.1, 0.15) is 0 Å². The zero-order chi connectivity index (χ0) is 34.1. The van der Waals surface area contributed by atoms with E-state index in [4.69, 9.17) is 14.4 Å². The Hall–Kier alpha value is -6.15. The number of hydrogen-bond donors (Lipinski definition) is 0. The molecule has 0 fully saturated rings. The van der Waals surface area contributed by atoms with E-state index in [0.717, 1.165) is 32.7 Å². The van der Waals surface area contributed by atoms with Crippen LogP contribution in [-0.2, 0) is 0 Å². The molecule has 0 aliphatic carbocycles. The van der Waals surface area contributed by atoms with Crippen molar-refractivity contribution in [3.8, 4) is 0 Å². The van der Waals surface area contributed by atoms with Gasteiger partial charge in [0.1, 0.15) is 11.0 Å². The Balaban J connectivity index is 1.37. The molecule has 0 amide bonds. The quantitative estimate of drug-likeness (QED) is 0.165. The van der Waals surface area contributed by atoms with Crippen molar-refractivity contribution in [1.82, 2.24) is 9.97 Å². The molecule has 9 rings (SSSR count). The van der Waals surface area contributed by atoms with Gasteiger partial charge in [-0.1, -0.05) is 182 Å². The third-order valence-electron chi connectivity index (χ3n) is 10.2. The highest BCUT2D eigenvalue weighted by atomic mass is 28.3. The molecule has 0 aliphatic heterocycles. The lowest BCUT2D eigenvalue weighted by atomic mass is 10.3. The van der Waals surface area contributed by atoms with Crippen molar-refractivity contribution in [1.29, 1.82) is 0 Å². The number of pyridine rings is 2. The van der Waals surface area contributed by atoms with Gasteiger partial charge in [-0.3, -0.25) is 9.97 Å². The summed E-state index contributed by atoms with van der Waals surface area (Å²) in [6.45, 7) is 0. The standard InChI is InChI=1S/C46H34N2OSi2/c1-7-19-35(20-8-1)50(36-21-9-2-10-22-36,37-23-11-3-12-24-37)42-33-34-47-45-44-41(49-46(42)45)31-32-43(48-44)51(38-25-13-4-14-26-38,39-27-15-5-16-28-39)40-29-17-6-18-30-40/h1-34H. The van der Waals surface area contributed by atoms with Gasteiger partial charge in [0.25, 0.3) is 0 Å². The van der Waals surface area contributed by atoms with Gasteiger partial charge in [-0.25, -0.2) is 0 Å². The van der Waals surface area contributed by atoms with Crippen LogP contribution >= 0.6 is 0 Å². The molecule has 3 aromatic heterocycles. The third-order valence-corrected chi connectivity index (χ3v) is 19.7. The van der Waals surface area contributed by atoms with E-state index in [-0.39, 0.29) is 0 Å². The minimum absolute atomic E-state index is 0.739. The van der Waals surface area contributed by atoms with Crippen LogP contribution in [-0.4, -0.2) is 26.1 Å². The summed E-state index contributed by atoms with van der Waals surface area (Å²) in [4.78, 5) is 10.7. The summed E-state index contributed by atoms with van der Waals surface area (Å²) in [6.07, 6.45) is 1.95. The molecule has 51 heavy (non-hydrogen) atoms. The maximum Gasteiger partial charge on any atom is 0.201 e. The molecular weight excluding hydrogens is 653 g/mol. The number of aromatic nitrogens is 2. The Labute approximate surface area is 299 Å². The first kappa shape index (κ1) is 30.9. The molecule has 0 saturated carbocycles. The molecule has 0 spiro atoms. The summed E-state index contributed by atoms with van der Waals surface area (Å²) in [7, 11) is -5.75. The van der Waals surface area contributed by atoms with Crippen molar-refractivity contribution in [2.75, 3.05) is 0 Å². The van der Waals surface area contributed by atoms with Crippen LogP contribution < -0.4 is 41.6 Å². The largest absolute Gasteiger partial charge is 0.453 e.